The second kappa shape index (κ2) is 6.93. The third-order valence-electron chi connectivity index (χ3n) is 3.24. The van der Waals surface area contributed by atoms with Crippen LogP contribution in [0.4, 0.5) is 5.69 Å². The number of allylic oxidation sites excluding steroid dienone is 1. The lowest BCUT2D eigenvalue weighted by molar-refractivity contribution is -0.386. The summed E-state index contributed by atoms with van der Waals surface area (Å²) >= 11 is 1.22. The van der Waals surface area contributed by atoms with Crippen LogP contribution >= 0.6 is 11.3 Å². The number of phenolic OH excluding ortho intramolecular Hbond substituents is 1. The molecule has 0 aliphatic carbocycles. The van der Waals surface area contributed by atoms with E-state index < -0.39 is 22.1 Å². The van der Waals surface area contributed by atoms with Crippen molar-refractivity contribution < 1.29 is 19.6 Å². The Morgan fingerprint density at radius 2 is 2.21 bits per heavy atom. The SMILES string of the molecule is COc1cc(/C=C(\C#N)C(=O)c2sccc2C)cc([N+](=O)[O-])c1O. The summed E-state index contributed by atoms with van der Waals surface area (Å²) in [4.78, 5) is 23.1. The first-order chi connectivity index (χ1) is 11.4. The predicted molar refractivity (Wildman–Crippen MR) is 88.3 cm³/mol. The van der Waals surface area contributed by atoms with Gasteiger partial charge in [0, 0.05) is 6.07 Å². The van der Waals surface area contributed by atoms with E-state index in [-0.39, 0.29) is 16.9 Å². The number of benzene rings is 1. The molecule has 0 unspecified atom stereocenters. The van der Waals surface area contributed by atoms with Gasteiger partial charge in [-0.2, -0.15) is 5.26 Å². The maximum atomic E-state index is 12.4. The molecule has 0 saturated carbocycles. The second-order valence-electron chi connectivity index (χ2n) is 4.78. The first-order valence-electron chi connectivity index (χ1n) is 6.65. The molecule has 2 aromatic rings. The van der Waals surface area contributed by atoms with Gasteiger partial charge in [0.25, 0.3) is 0 Å². The Balaban J connectivity index is 2.54. The highest BCUT2D eigenvalue weighted by atomic mass is 32.1. The Morgan fingerprint density at radius 1 is 1.50 bits per heavy atom. The van der Waals surface area contributed by atoms with E-state index in [1.54, 1.807) is 18.4 Å². The largest absolute Gasteiger partial charge is 0.500 e. The average molecular weight is 344 g/mol. The van der Waals surface area contributed by atoms with Gasteiger partial charge in [-0.05, 0) is 41.6 Å². The van der Waals surface area contributed by atoms with Crippen LogP contribution in [0.15, 0.2) is 29.2 Å². The molecule has 0 radical (unpaired) electrons. The Kier molecular flexibility index (Phi) is 4.96. The number of aryl methyl sites for hydroxylation is 1. The number of ketones is 1. The molecule has 1 aromatic heterocycles. The second-order valence-corrected chi connectivity index (χ2v) is 5.70. The smallest absolute Gasteiger partial charge is 0.315 e. The minimum Gasteiger partial charge on any atom is -0.500 e. The highest BCUT2D eigenvalue weighted by molar-refractivity contribution is 7.12. The van der Waals surface area contributed by atoms with Crippen molar-refractivity contribution >= 4 is 28.9 Å². The fraction of sp³-hybridized carbons (Fsp3) is 0.125. The van der Waals surface area contributed by atoms with Gasteiger partial charge in [-0.15, -0.1) is 11.3 Å². The molecule has 0 aliphatic heterocycles. The van der Waals surface area contributed by atoms with Crippen LogP contribution in [-0.4, -0.2) is 22.9 Å². The number of nitriles is 1. The van der Waals surface area contributed by atoms with E-state index in [1.165, 1.54) is 30.6 Å². The number of aromatic hydroxyl groups is 1. The molecule has 0 aliphatic rings. The lowest BCUT2D eigenvalue weighted by atomic mass is 10.0. The third-order valence-corrected chi connectivity index (χ3v) is 4.25. The zero-order chi connectivity index (χ0) is 17.9. The molecule has 0 bridgehead atoms. The van der Waals surface area contributed by atoms with Crippen molar-refractivity contribution in [2.75, 3.05) is 7.11 Å². The minimum absolute atomic E-state index is 0.118. The van der Waals surface area contributed by atoms with E-state index >= 15 is 0 Å². The number of phenols is 1. The molecule has 0 amide bonds. The predicted octanol–water partition coefficient (Wildman–Crippen LogP) is 3.47. The van der Waals surface area contributed by atoms with Gasteiger partial charge in [0.1, 0.15) is 11.6 Å². The van der Waals surface area contributed by atoms with Crippen LogP contribution in [0, 0.1) is 28.4 Å². The van der Waals surface area contributed by atoms with E-state index in [0.29, 0.717) is 4.88 Å². The van der Waals surface area contributed by atoms with Gasteiger partial charge in [-0.25, -0.2) is 0 Å². The molecular formula is C16H12N2O5S. The topological polar surface area (TPSA) is 113 Å². The fourth-order valence-electron chi connectivity index (χ4n) is 2.03. The number of ether oxygens (including phenoxy) is 1. The molecule has 24 heavy (non-hydrogen) atoms. The summed E-state index contributed by atoms with van der Waals surface area (Å²) in [5.41, 5.74) is 0.219. The van der Waals surface area contributed by atoms with Crippen molar-refractivity contribution in [2.45, 2.75) is 6.92 Å². The first-order valence-corrected chi connectivity index (χ1v) is 7.53. The molecule has 0 atom stereocenters. The standard InChI is InChI=1S/C16H12N2O5S/c1-9-3-4-24-16(9)14(19)11(8-17)5-10-6-12(18(21)22)15(20)13(7-10)23-2/h3-7,20H,1-2H3/b11-5+. The number of carbonyl (C=O) groups excluding carboxylic acids is 1. The van der Waals surface area contributed by atoms with E-state index in [1.807, 2.05) is 6.07 Å². The molecule has 1 N–H and O–H groups in total. The normalized spacial score (nSPS) is 11.0. The Hall–Kier alpha value is -3.18. The van der Waals surface area contributed by atoms with Crippen LogP contribution in [-0.2, 0) is 0 Å². The summed E-state index contributed by atoms with van der Waals surface area (Å²) in [7, 11) is 1.25. The van der Waals surface area contributed by atoms with Gasteiger partial charge in [0.05, 0.1) is 16.9 Å². The zero-order valence-electron chi connectivity index (χ0n) is 12.8. The lowest BCUT2D eigenvalue weighted by Gasteiger charge is -2.06. The fourth-order valence-corrected chi connectivity index (χ4v) is 2.91. The summed E-state index contributed by atoms with van der Waals surface area (Å²) < 4.78 is 4.89. The van der Waals surface area contributed by atoms with Crippen molar-refractivity contribution in [3.05, 3.63) is 55.3 Å². The number of hydrogen-bond acceptors (Lipinski definition) is 7. The molecule has 1 aromatic carbocycles. The van der Waals surface area contributed by atoms with Crippen molar-refractivity contribution in [2.24, 2.45) is 0 Å². The van der Waals surface area contributed by atoms with Crippen molar-refractivity contribution in [3.63, 3.8) is 0 Å². The minimum atomic E-state index is -0.771. The lowest BCUT2D eigenvalue weighted by Crippen LogP contribution is -2.01. The molecule has 122 valence electrons. The molecule has 1 heterocycles. The molecule has 0 spiro atoms. The van der Waals surface area contributed by atoms with Crippen LogP contribution in [0.1, 0.15) is 20.8 Å². The molecule has 8 heteroatoms. The molecule has 2 rings (SSSR count). The van der Waals surface area contributed by atoms with Gasteiger partial charge in [-0.1, -0.05) is 0 Å². The zero-order valence-corrected chi connectivity index (χ0v) is 13.6. The van der Waals surface area contributed by atoms with Crippen molar-refractivity contribution in [1.29, 1.82) is 5.26 Å². The summed E-state index contributed by atoms with van der Waals surface area (Å²) in [6.45, 7) is 1.76. The first kappa shape index (κ1) is 17.2. The quantitative estimate of drug-likeness (QED) is 0.292. The van der Waals surface area contributed by atoms with Gasteiger partial charge in [0.2, 0.25) is 11.5 Å². The van der Waals surface area contributed by atoms with E-state index in [2.05, 4.69) is 0 Å². The summed E-state index contributed by atoms with van der Waals surface area (Å²) in [5, 5.41) is 31.8. The van der Waals surface area contributed by atoms with Crippen molar-refractivity contribution in [3.8, 4) is 17.6 Å². The van der Waals surface area contributed by atoms with E-state index in [4.69, 9.17) is 4.74 Å². The number of nitro benzene ring substituents is 1. The van der Waals surface area contributed by atoms with Gasteiger partial charge in [0.15, 0.2) is 5.75 Å². The number of thiophene rings is 1. The van der Waals surface area contributed by atoms with Gasteiger partial charge >= 0.3 is 5.69 Å². The van der Waals surface area contributed by atoms with Crippen LogP contribution in [0.5, 0.6) is 11.5 Å². The molecule has 0 saturated heterocycles. The summed E-state index contributed by atoms with van der Waals surface area (Å²) in [6.07, 6.45) is 1.23. The Labute approximate surface area is 141 Å². The molecular weight excluding hydrogens is 332 g/mol. The molecule has 0 fully saturated rings. The summed E-state index contributed by atoms with van der Waals surface area (Å²) in [5.74, 6) is -1.19. The van der Waals surface area contributed by atoms with Crippen LogP contribution < -0.4 is 4.74 Å². The number of carbonyl (C=O) groups is 1. The number of hydrogen-bond donors (Lipinski definition) is 1. The van der Waals surface area contributed by atoms with Crippen molar-refractivity contribution in [1.82, 2.24) is 0 Å². The van der Waals surface area contributed by atoms with Crippen LogP contribution in [0.2, 0.25) is 0 Å². The van der Waals surface area contributed by atoms with Gasteiger partial charge in [-0.3, -0.25) is 14.9 Å². The van der Waals surface area contributed by atoms with Crippen LogP contribution in [0.3, 0.4) is 0 Å². The molecule has 7 nitrogen and oxygen atoms in total. The average Bonchev–Trinajstić information content (AvgIpc) is 2.98. The maximum Gasteiger partial charge on any atom is 0.315 e. The summed E-state index contributed by atoms with van der Waals surface area (Å²) in [6, 6.07) is 5.96. The number of rotatable bonds is 5. The van der Waals surface area contributed by atoms with Crippen LogP contribution in [0.25, 0.3) is 6.08 Å². The van der Waals surface area contributed by atoms with E-state index in [0.717, 1.165) is 11.6 Å². The highest BCUT2D eigenvalue weighted by Crippen LogP contribution is 2.37. The highest BCUT2D eigenvalue weighted by Gasteiger charge is 2.21. The monoisotopic (exact) mass is 344 g/mol. The number of Topliss-reactive ketones (excluding diaryl/α,β-unsaturated/α-hetero) is 1. The van der Waals surface area contributed by atoms with E-state index in [9.17, 15) is 25.3 Å². The number of nitrogens with zero attached hydrogens (tertiary/aromatic N) is 2. The Bertz CT molecular complexity index is 892. The van der Waals surface area contributed by atoms with Gasteiger partial charge < -0.3 is 9.84 Å². The number of nitro groups is 1. The maximum absolute atomic E-state index is 12.4. The third kappa shape index (κ3) is 3.26. The Morgan fingerprint density at radius 3 is 2.71 bits per heavy atom. The number of methoxy groups -OCH3 is 1.